The van der Waals surface area contributed by atoms with Crippen LogP contribution in [-0.4, -0.2) is 14.5 Å². The second-order valence-electron chi connectivity index (χ2n) is 14.9. The minimum Gasteiger partial charge on any atom is -0.292 e. The highest BCUT2D eigenvalue weighted by Crippen LogP contribution is 2.63. The van der Waals surface area contributed by atoms with Gasteiger partial charge in [-0.2, -0.15) is 0 Å². The van der Waals surface area contributed by atoms with Crippen molar-refractivity contribution in [3.63, 3.8) is 0 Å². The third-order valence-corrected chi connectivity index (χ3v) is 13.4. The monoisotopic (exact) mass is 715 g/mol. The maximum Gasteiger partial charge on any atom is 0.162 e. The van der Waals surface area contributed by atoms with Crippen molar-refractivity contribution in [2.75, 3.05) is 0 Å². The minimum absolute atomic E-state index is 0.386. The third kappa shape index (κ3) is 3.74. The first-order chi connectivity index (χ1) is 27.3. The molecule has 0 bridgehead atoms. The molecule has 8 aromatic carbocycles. The molecule has 3 aromatic heterocycles. The fraction of sp³-hybridized carbons (Fsp3) is 0.0196. The molecule has 0 atom stereocenters. The van der Waals surface area contributed by atoms with E-state index in [-0.39, 0.29) is 5.41 Å². The van der Waals surface area contributed by atoms with Crippen molar-refractivity contribution in [3.05, 3.63) is 198 Å². The summed E-state index contributed by atoms with van der Waals surface area (Å²) in [5, 5.41) is 6.04. The molecule has 2 aliphatic rings. The zero-order valence-corrected chi connectivity index (χ0v) is 30.3. The van der Waals surface area contributed by atoms with Crippen molar-refractivity contribution in [2.24, 2.45) is 0 Å². The molecule has 0 fully saturated rings. The smallest absolute Gasteiger partial charge is 0.162 e. The molecule has 0 saturated carbocycles. The Morgan fingerprint density at radius 1 is 0.436 bits per heavy atom. The van der Waals surface area contributed by atoms with Crippen LogP contribution in [0.2, 0.25) is 0 Å². The maximum absolute atomic E-state index is 5.59. The molecule has 0 aliphatic heterocycles. The summed E-state index contributed by atoms with van der Waals surface area (Å²) in [7, 11) is 0. The third-order valence-electron chi connectivity index (χ3n) is 12.2. The van der Waals surface area contributed by atoms with Crippen molar-refractivity contribution in [3.8, 4) is 39.5 Å². The first-order valence-electron chi connectivity index (χ1n) is 18.8. The predicted molar refractivity (Wildman–Crippen MR) is 228 cm³/mol. The van der Waals surface area contributed by atoms with Crippen LogP contribution in [0.15, 0.2) is 176 Å². The van der Waals surface area contributed by atoms with E-state index in [0.29, 0.717) is 0 Å². The van der Waals surface area contributed by atoms with Crippen LogP contribution in [0, 0.1) is 0 Å². The number of rotatable bonds is 2. The van der Waals surface area contributed by atoms with Gasteiger partial charge in [-0.3, -0.25) is 4.57 Å². The van der Waals surface area contributed by atoms with Gasteiger partial charge in [-0.1, -0.05) is 146 Å². The highest BCUT2D eigenvalue weighted by molar-refractivity contribution is 7.26. The number of thiophene rings is 1. The summed E-state index contributed by atoms with van der Waals surface area (Å²) in [5.41, 5.74) is 14.4. The van der Waals surface area contributed by atoms with E-state index >= 15 is 0 Å². The van der Waals surface area contributed by atoms with Gasteiger partial charge >= 0.3 is 0 Å². The normalized spacial score (nSPS) is 13.6. The van der Waals surface area contributed by atoms with Gasteiger partial charge in [0.25, 0.3) is 0 Å². The van der Waals surface area contributed by atoms with Crippen molar-refractivity contribution < 1.29 is 0 Å². The Balaban J connectivity index is 1.11. The summed E-state index contributed by atoms with van der Waals surface area (Å²) in [6.07, 6.45) is 0. The van der Waals surface area contributed by atoms with Crippen molar-refractivity contribution in [2.45, 2.75) is 5.41 Å². The molecule has 11 aromatic rings. The van der Waals surface area contributed by atoms with E-state index in [1.165, 1.54) is 70.8 Å². The van der Waals surface area contributed by atoms with E-state index in [1.54, 1.807) is 11.3 Å². The van der Waals surface area contributed by atoms with E-state index < -0.39 is 0 Å². The Labute approximate surface area is 320 Å². The van der Waals surface area contributed by atoms with Gasteiger partial charge in [0.05, 0.1) is 26.7 Å². The van der Waals surface area contributed by atoms with Crippen LogP contribution in [0.25, 0.3) is 92.3 Å². The second kappa shape index (κ2) is 10.6. The highest BCUT2D eigenvalue weighted by Gasteiger charge is 2.51. The Hall–Kier alpha value is -6.88. The molecule has 3 nitrogen and oxygen atoms in total. The molecular formula is C51H29N3S. The number of hydrogen-bond acceptors (Lipinski definition) is 3. The van der Waals surface area contributed by atoms with Crippen molar-refractivity contribution in [1.29, 1.82) is 0 Å². The minimum atomic E-state index is -0.386. The summed E-state index contributed by atoms with van der Waals surface area (Å²) in [5.74, 6) is 1.64. The van der Waals surface area contributed by atoms with Crippen LogP contribution in [0.1, 0.15) is 22.3 Å². The number of hydrogen-bond donors (Lipinski definition) is 0. The van der Waals surface area contributed by atoms with E-state index in [4.69, 9.17) is 9.97 Å². The molecule has 2 aliphatic carbocycles. The molecule has 0 saturated heterocycles. The van der Waals surface area contributed by atoms with Crippen LogP contribution in [0.4, 0.5) is 0 Å². The van der Waals surface area contributed by atoms with E-state index in [0.717, 1.165) is 43.8 Å². The summed E-state index contributed by atoms with van der Waals surface area (Å²) >= 11 is 1.78. The summed E-state index contributed by atoms with van der Waals surface area (Å²) in [6, 6.07) is 64.6. The van der Waals surface area contributed by atoms with E-state index in [1.807, 2.05) is 0 Å². The quantitative estimate of drug-likeness (QED) is 0.178. The Morgan fingerprint density at radius 2 is 1.02 bits per heavy atom. The van der Waals surface area contributed by atoms with Crippen LogP contribution in [0.5, 0.6) is 0 Å². The zero-order chi connectivity index (χ0) is 35.8. The number of benzene rings is 8. The molecule has 0 radical (unpaired) electrons. The molecule has 0 N–H and O–H groups in total. The summed E-state index contributed by atoms with van der Waals surface area (Å²) in [4.78, 5) is 11.0. The lowest BCUT2D eigenvalue weighted by Gasteiger charge is -2.30. The molecule has 0 amide bonds. The standard InChI is InChI=1S/C51H29N3S/c1-2-14-31-29-45-39(27-30(31)13-1)36-18-6-11-23-44(36)54(45)50-48-47(37-19-7-12-24-46(37)55-48)52-49(53-50)32-25-26-43-38(28-32)35-17-5-10-22-42(35)51(43)40-20-8-3-15-33(40)34-16-4-9-21-41(34)51/h1-29H. The number of fused-ring (bicyclic) bond motifs is 17. The Morgan fingerprint density at radius 3 is 1.76 bits per heavy atom. The molecule has 4 heteroatoms. The van der Waals surface area contributed by atoms with Crippen molar-refractivity contribution >= 4 is 64.2 Å². The molecule has 254 valence electrons. The highest BCUT2D eigenvalue weighted by atomic mass is 32.1. The van der Waals surface area contributed by atoms with Crippen LogP contribution in [0.3, 0.4) is 0 Å². The lowest BCUT2D eigenvalue weighted by Crippen LogP contribution is -2.25. The lowest BCUT2D eigenvalue weighted by molar-refractivity contribution is 0.794. The predicted octanol–water partition coefficient (Wildman–Crippen LogP) is 13.1. The van der Waals surface area contributed by atoms with Gasteiger partial charge in [-0.15, -0.1) is 11.3 Å². The van der Waals surface area contributed by atoms with Gasteiger partial charge in [0.15, 0.2) is 11.6 Å². The molecule has 0 unspecified atom stereocenters. The average molecular weight is 716 g/mol. The SMILES string of the molecule is c1ccc2c(c1)-c1ccccc1C21c2ccccc2-c2cc(-c3nc(-n4c5ccccc5c5cc6ccccc6cc54)c4sc5ccccc5c4n3)ccc21. The lowest BCUT2D eigenvalue weighted by atomic mass is 9.70. The van der Waals surface area contributed by atoms with E-state index in [2.05, 4.69) is 180 Å². The first-order valence-corrected chi connectivity index (χ1v) is 19.6. The van der Waals surface area contributed by atoms with Crippen LogP contribution >= 0.6 is 11.3 Å². The molecule has 1 spiro atoms. The van der Waals surface area contributed by atoms with Gasteiger partial charge in [0.2, 0.25) is 0 Å². The molecular weight excluding hydrogens is 687 g/mol. The summed E-state index contributed by atoms with van der Waals surface area (Å²) in [6.45, 7) is 0. The van der Waals surface area contributed by atoms with Crippen LogP contribution < -0.4 is 0 Å². The Bertz CT molecular complexity index is 3410. The van der Waals surface area contributed by atoms with E-state index in [9.17, 15) is 0 Å². The summed E-state index contributed by atoms with van der Waals surface area (Å²) < 4.78 is 4.68. The maximum atomic E-state index is 5.59. The molecule has 13 rings (SSSR count). The largest absolute Gasteiger partial charge is 0.292 e. The fourth-order valence-corrected chi connectivity index (χ4v) is 11.1. The van der Waals surface area contributed by atoms with Crippen LogP contribution in [-0.2, 0) is 5.41 Å². The number of aromatic nitrogens is 3. The second-order valence-corrected chi connectivity index (χ2v) is 15.9. The average Bonchev–Trinajstić information content (AvgIpc) is 3.96. The van der Waals surface area contributed by atoms with Gasteiger partial charge < -0.3 is 0 Å². The first kappa shape index (κ1) is 29.6. The van der Waals surface area contributed by atoms with Crippen molar-refractivity contribution in [1.82, 2.24) is 14.5 Å². The molecule has 3 heterocycles. The topological polar surface area (TPSA) is 30.7 Å². The zero-order valence-electron chi connectivity index (χ0n) is 29.5. The Kier molecular flexibility index (Phi) is 5.71. The molecule has 55 heavy (non-hydrogen) atoms. The van der Waals surface area contributed by atoms with Gasteiger partial charge in [-0.05, 0) is 85.6 Å². The fourth-order valence-electron chi connectivity index (χ4n) is 9.98. The van der Waals surface area contributed by atoms with Gasteiger partial charge in [-0.25, -0.2) is 9.97 Å². The van der Waals surface area contributed by atoms with Gasteiger partial charge in [0, 0.05) is 26.4 Å². The number of para-hydroxylation sites is 1. The number of nitrogens with zero attached hydrogens (tertiary/aromatic N) is 3. The van der Waals surface area contributed by atoms with Gasteiger partial charge in [0.1, 0.15) is 0 Å².